The highest BCUT2D eigenvalue weighted by Crippen LogP contribution is 2.35. The Kier molecular flexibility index (Phi) is 4.95. The van der Waals surface area contributed by atoms with Gasteiger partial charge in [-0.15, -0.1) is 0 Å². The molecule has 4 nitrogen and oxygen atoms in total. The van der Waals surface area contributed by atoms with Gasteiger partial charge in [-0.2, -0.15) is 0 Å². The first kappa shape index (κ1) is 16.7. The molecule has 1 aliphatic carbocycles. The summed E-state index contributed by atoms with van der Waals surface area (Å²) in [6.45, 7) is 0.557. The van der Waals surface area contributed by atoms with Crippen LogP contribution in [0.25, 0.3) is 0 Å². The number of carbonyl (C=O) groups excluding carboxylic acids is 1. The van der Waals surface area contributed by atoms with Gasteiger partial charge in [0, 0.05) is 17.6 Å². The van der Waals surface area contributed by atoms with Crippen LogP contribution in [0.5, 0.6) is 11.5 Å². The Bertz CT molecular complexity index is 726. The van der Waals surface area contributed by atoms with Crippen molar-refractivity contribution in [2.45, 2.75) is 25.4 Å². The van der Waals surface area contributed by atoms with Crippen molar-refractivity contribution in [1.82, 2.24) is 4.90 Å². The third-order valence-electron chi connectivity index (χ3n) is 4.15. The lowest BCUT2D eigenvalue weighted by atomic mass is 10.1. The minimum atomic E-state index is -0.0387. The van der Waals surface area contributed by atoms with Crippen LogP contribution in [0.3, 0.4) is 0 Å². The Hall–Kier alpha value is -2.20. The number of hydrogen-bond acceptors (Lipinski definition) is 3. The number of carbonyl (C=O) groups is 1. The van der Waals surface area contributed by atoms with E-state index in [9.17, 15) is 4.79 Å². The topological polar surface area (TPSA) is 38.8 Å². The summed E-state index contributed by atoms with van der Waals surface area (Å²) in [7, 11) is 3.12. The predicted octanol–water partition coefficient (Wildman–Crippen LogP) is 4.16. The standard InChI is InChI=1S/C19H20ClNO3/c1-23-17-5-3-4-16(18(17)24-2)19(22)21(15-10-11-15)12-13-6-8-14(20)9-7-13/h3-9,15H,10-12H2,1-2H3. The van der Waals surface area contributed by atoms with Crippen LogP contribution in [0.4, 0.5) is 0 Å². The number of hydrogen-bond donors (Lipinski definition) is 0. The van der Waals surface area contributed by atoms with Crippen LogP contribution >= 0.6 is 11.6 Å². The van der Waals surface area contributed by atoms with Gasteiger partial charge in [0.15, 0.2) is 11.5 Å². The quantitative estimate of drug-likeness (QED) is 0.789. The largest absolute Gasteiger partial charge is 0.493 e. The molecule has 1 fully saturated rings. The van der Waals surface area contributed by atoms with E-state index in [0.717, 1.165) is 18.4 Å². The van der Waals surface area contributed by atoms with E-state index < -0.39 is 0 Å². The second kappa shape index (κ2) is 7.14. The van der Waals surface area contributed by atoms with E-state index in [0.29, 0.717) is 28.6 Å². The highest BCUT2D eigenvalue weighted by atomic mass is 35.5. The molecule has 5 heteroatoms. The molecule has 0 unspecified atom stereocenters. The minimum absolute atomic E-state index is 0.0387. The maximum absolute atomic E-state index is 13.1. The third-order valence-corrected chi connectivity index (χ3v) is 4.40. The molecule has 3 rings (SSSR count). The fraction of sp³-hybridized carbons (Fsp3) is 0.316. The van der Waals surface area contributed by atoms with Crippen LogP contribution in [0.1, 0.15) is 28.8 Å². The van der Waals surface area contributed by atoms with Gasteiger partial charge in [0.05, 0.1) is 19.8 Å². The molecule has 2 aromatic rings. The zero-order valence-corrected chi connectivity index (χ0v) is 14.5. The number of methoxy groups -OCH3 is 2. The summed E-state index contributed by atoms with van der Waals surface area (Å²) in [4.78, 5) is 15.0. The molecule has 0 saturated heterocycles. The smallest absolute Gasteiger partial charge is 0.258 e. The Morgan fingerprint density at radius 3 is 2.42 bits per heavy atom. The molecule has 1 aliphatic rings. The molecule has 0 atom stereocenters. The Balaban J connectivity index is 1.89. The first-order valence-corrected chi connectivity index (χ1v) is 8.28. The molecule has 0 N–H and O–H groups in total. The minimum Gasteiger partial charge on any atom is -0.493 e. The van der Waals surface area contributed by atoms with Crippen molar-refractivity contribution in [2.24, 2.45) is 0 Å². The first-order chi connectivity index (χ1) is 11.6. The molecule has 0 aliphatic heterocycles. The summed E-state index contributed by atoms with van der Waals surface area (Å²) in [5, 5.41) is 0.692. The van der Waals surface area contributed by atoms with E-state index in [2.05, 4.69) is 0 Å². The number of halogens is 1. The average Bonchev–Trinajstić information content (AvgIpc) is 3.44. The van der Waals surface area contributed by atoms with Crippen molar-refractivity contribution in [3.8, 4) is 11.5 Å². The second-order valence-corrected chi connectivity index (χ2v) is 6.27. The fourth-order valence-electron chi connectivity index (χ4n) is 2.75. The summed E-state index contributed by atoms with van der Waals surface area (Å²) < 4.78 is 10.7. The summed E-state index contributed by atoms with van der Waals surface area (Å²) in [5.41, 5.74) is 1.58. The van der Waals surface area contributed by atoms with Gasteiger partial charge in [-0.05, 0) is 42.7 Å². The maximum atomic E-state index is 13.1. The van der Waals surface area contributed by atoms with Crippen LogP contribution in [0, 0.1) is 0 Å². The van der Waals surface area contributed by atoms with Crippen molar-refractivity contribution in [2.75, 3.05) is 14.2 Å². The second-order valence-electron chi connectivity index (χ2n) is 5.83. The van der Waals surface area contributed by atoms with E-state index in [1.54, 1.807) is 26.4 Å². The summed E-state index contributed by atoms with van der Waals surface area (Å²) >= 11 is 5.94. The van der Waals surface area contributed by atoms with Gasteiger partial charge in [-0.3, -0.25) is 4.79 Å². The van der Waals surface area contributed by atoms with Gasteiger partial charge in [-0.1, -0.05) is 29.8 Å². The summed E-state index contributed by atoms with van der Waals surface area (Å²) in [6, 6.07) is 13.3. The molecule has 2 aromatic carbocycles. The Morgan fingerprint density at radius 1 is 1.12 bits per heavy atom. The van der Waals surface area contributed by atoms with Gasteiger partial charge in [0.2, 0.25) is 0 Å². The Morgan fingerprint density at radius 2 is 1.83 bits per heavy atom. The SMILES string of the molecule is COc1cccc(C(=O)N(Cc2ccc(Cl)cc2)C2CC2)c1OC. The van der Waals surface area contributed by atoms with Gasteiger partial charge in [-0.25, -0.2) is 0 Å². The third kappa shape index (κ3) is 3.49. The van der Waals surface area contributed by atoms with Crippen molar-refractivity contribution < 1.29 is 14.3 Å². The molecule has 0 heterocycles. The van der Waals surface area contributed by atoms with Gasteiger partial charge in [0.25, 0.3) is 5.91 Å². The van der Waals surface area contributed by atoms with Crippen molar-refractivity contribution in [3.63, 3.8) is 0 Å². The molecule has 126 valence electrons. The molecule has 1 saturated carbocycles. The number of benzene rings is 2. The highest BCUT2D eigenvalue weighted by molar-refractivity contribution is 6.30. The van der Waals surface area contributed by atoms with Crippen molar-refractivity contribution in [1.29, 1.82) is 0 Å². The molecule has 0 bridgehead atoms. The Labute approximate surface area is 146 Å². The lowest BCUT2D eigenvalue weighted by molar-refractivity contribution is 0.0726. The van der Waals surface area contributed by atoms with Crippen LogP contribution in [0.2, 0.25) is 5.02 Å². The number of nitrogens with zero attached hydrogens (tertiary/aromatic N) is 1. The summed E-state index contributed by atoms with van der Waals surface area (Å²) in [6.07, 6.45) is 2.07. The van der Waals surface area contributed by atoms with E-state index >= 15 is 0 Å². The molecule has 0 radical (unpaired) electrons. The van der Waals surface area contributed by atoms with Gasteiger partial charge in [0.1, 0.15) is 0 Å². The van der Waals surface area contributed by atoms with Crippen molar-refractivity contribution in [3.05, 3.63) is 58.6 Å². The van der Waals surface area contributed by atoms with Crippen LogP contribution in [0.15, 0.2) is 42.5 Å². The number of amides is 1. The van der Waals surface area contributed by atoms with E-state index in [4.69, 9.17) is 21.1 Å². The number of para-hydroxylation sites is 1. The fourth-order valence-corrected chi connectivity index (χ4v) is 2.88. The molecule has 1 amide bonds. The number of rotatable bonds is 6. The van der Waals surface area contributed by atoms with Crippen molar-refractivity contribution >= 4 is 17.5 Å². The zero-order chi connectivity index (χ0) is 17.1. The molecular weight excluding hydrogens is 326 g/mol. The average molecular weight is 346 g/mol. The van der Waals surface area contributed by atoms with Crippen LogP contribution in [-0.2, 0) is 6.54 Å². The van der Waals surface area contributed by atoms with Gasteiger partial charge >= 0.3 is 0 Å². The number of ether oxygens (including phenoxy) is 2. The maximum Gasteiger partial charge on any atom is 0.258 e. The lowest BCUT2D eigenvalue weighted by Gasteiger charge is -2.24. The van der Waals surface area contributed by atoms with E-state index in [1.807, 2.05) is 35.2 Å². The van der Waals surface area contributed by atoms with Crippen LogP contribution < -0.4 is 9.47 Å². The highest BCUT2D eigenvalue weighted by Gasteiger charge is 2.34. The molecule has 0 aromatic heterocycles. The molecular formula is C19H20ClNO3. The molecule has 0 spiro atoms. The first-order valence-electron chi connectivity index (χ1n) is 7.90. The normalized spacial score (nSPS) is 13.5. The lowest BCUT2D eigenvalue weighted by Crippen LogP contribution is -2.32. The summed E-state index contributed by atoms with van der Waals surface area (Å²) in [5.74, 6) is 1.00. The van der Waals surface area contributed by atoms with Gasteiger partial charge < -0.3 is 14.4 Å². The zero-order valence-electron chi connectivity index (χ0n) is 13.8. The van der Waals surface area contributed by atoms with Crippen LogP contribution in [-0.4, -0.2) is 31.1 Å². The van der Waals surface area contributed by atoms with E-state index in [-0.39, 0.29) is 11.9 Å². The molecule has 24 heavy (non-hydrogen) atoms. The predicted molar refractivity (Wildman–Crippen MR) is 93.9 cm³/mol. The monoisotopic (exact) mass is 345 g/mol. The van der Waals surface area contributed by atoms with E-state index in [1.165, 1.54) is 0 Å².